The van der Waals surface area contributed by atoms with Gasteiger partial charge in [0.05, 0.1) is 18.3 Å². The molecule has 1 atom stereocenters. The van der Waals surface area contributed by atoms with Gasteiger partial charge < -0.3 is 13.6 Å². The lowest BCUT2D eigenvalue weighted by Gasteiger charge is -2.44. The van der Waals surface area contributed by atoms with E-state index in [9.17, 15) is 4.79 Å². The molecule has 184 valence electrons. The Hall–Kier alpha value is -0.956. The first-order valence-corrected chi connectivity index (χ1v) is 17.7. The highest BCUT2D eigenvalue weighted by molar-refractivity contribution is 6.74. The zero-order valence-electron chi connectivity index (χ0n) is 22.7. The molecule has 0 aliphatic carbocycles. The van der Waals surface area contributed by atoms with E-state index in [-0.39, 0.29) is 27.6 Å². The Morgan fingerprint density at radius 1 is 0.844 bits per heavy atom. The monoisotopic (exact) mass is 480 g/mol. The fourth-order valence-corrected chi connectivity index (χ4v) is 5.34. The second-order valence-corrected chi connectivity index (χ2v) is 22.3. The third-order valence-electron chi connectivity index (χ3n) is 7.35. The van der Waals surface area contributed by atoms with Crippen molar-refractivity contribution in [3.8, 4) is 0 Å². The first-order chi connectivity index (χ1) is 14.3. The molecular weight excluding hydrogens is 432 g/mol. The summed E-state index contributed by atoms with van der Waals surface area (Å²) in [6, 6.07) is 9.16. The van der Waals surface area contributed by atoms with E-state index in [0.29, 0.717) is 18.8 Å². The van der Waals surface area contributed by atoms with E-state index in [0.717, 1.165) is 6.42 Å². The lowest BCUT2D eigenvalue weighted by Crippen LogP contribution is -2.50. The van der Waals surface area contributed by atoms with Crippen LogP contribution in [0, 0.1) is 5.41 Å². The zero-order valence-corrected chi connectivity index (χ0v) is 24.7. The molecule has 0 unspecified atom stereocenters. The molecule has 0 bridgehead atoms. The molecule has 32 heavy (non-hydrogen) atoms. The minimum Gasteiger partial charge on any atom is -0.461 e. The van der Waals surface area contributed by atoms with Crippen LogP contribution in [-0.2, 0) is 13.6 Å². The Labute approximate surface area is 199 Å². The van der Waals surface area contributed by atoms with Gasteiger partial charge in [-0.2, -0.15) is 0 Å². The predicted octanol–water partition coefficient (Wildman–Crippen LogP) is 7.67. The van der Waals surface area contributed by atoms with Crippen LogP contribution < -0.4 is 0 Å². The Morgan fingerprint density at radius 3 is 1.81 bits per heavy atom. The van der Waals surface area contributed by atoms with Gasteiger partial charge in [0, 0.05) is 12.0 Å². The Morgan fingerprint density at radius 2 is 1.34 bits per heavy atom. The van der Waals surface area contributed by atoms with Gasteiger partial charge in [-0.25, -0.2) is 4.79 Å². The van der Waals surface area contributed by atoms with Gasteiger partial charge in [-0.1, -0.05) is 73.6 Å². The molecule has 1 aromatic carbocycles. The molecule has 0 amide bonds. The molecule has 0 aliphatic rings. The van der Waals surface area contributed by atoms with Gasteiger partial charge in [0.1, 0.15) is 0 Å². The zero-order chi connectivity index (χ0) is 25.0. The summed E-state index contributed by atoms with van der Waals surface area (Å²) in [5.74, 6) is -0.290. The van der Waals surface area contributed by atoms with Crippen LogP contribution in [0.5, 0.6) is 0 Å². The van der Waals surface area contributed by atoms with Crippen LogP contribution in [0.1, 0.15) is 72.2 Å². The van der Waals surface area contributed by atoms with Crippen LogP contribution in [0.2, 0.25) is 36.3 Å². The van der Waals surface area contributed by atoms with Crippen molar-refractivity contribution >= 4 is 22.6 Å². The normalized spacial score (nSPS) is 14.9. The van der Waals surface area contributed by atoms with Crippen LogP contribution in [0.4, 0.5) is 0 Å². The lowest BCUT2D eigenvalue weighted by atomic mass is 9.86. The SMILES string of the molecule is CC(C)(COC(=O)c1ccccc1)[C@H](CCO[Si](C)(C)C(C)(C)C)O[Si](C)(C)C(C)(C)C. The van der Waals surface area contributed by atoms with Gasteiger partial charge in [-0.05, 0) is 54.8 Å². The molecular formula is C26H48O4Si2. The summed E-state index contributed by atoms with van der Waals surface area (Å²) in [7, 11) is -3.85. The van der Waals surface area contributed by atoms with E-state index in [4.69, 9.17) is 13.6 Å². The second kappa shape index (κ2) is 10.5. The molecule has 0 saturated heterocycles. The van der Waals surface area contributed by atoms with Crippen molar-refractivity contribution < 1.29 is 18.4 Å². The number of carbonyl (C=O) groups is 1. The van der Waals surface area contributed by atoms with Crippen molar-refractivity contribution in [1.82, 2.24) is 0 Å². The van der Waals surface area contributed by atoms with Crippen LogP contribution >= 0.6 is 0 Å². The predicted molar refractivity (Wildman–Crippen MR) is 140 cm³/mol. The quantitative estimate of drug-likeness (QED) is 0.254. The molecule has 0 spiro atoms. The number of benzene rings is 1. The van der Waals surface area contributed by atoms with Crippen molar-refractivity contribution in [1.29, 1.82) is 0 Å². The first-order valence-electron chi connectivity index (χ1n) is 11.8. The summed E-state index contributed by atoms with van der Waals surface area (Å²) >= 11 is 0. The van der Waals surface area contributed by atoms with Crippen LogP contribution in [0.15, 0.2) is 30.3 Å². The molecule has 0 fully saturated rings. The molecule has 1 aromatic rings. The third-order valence-corrected chi connectivity index (χ3v) is 16.4. The maximum Gasteiger partial charge on any atom is 0.338 e. The van der Waals surface area contributed by atoms with E-state index < -0.39 is 16.6 Å². The van der Waals surface area contributed by atoms with E-state index in [1.165, 1.54) is 0 Å². The number of hydrogen-bond acceptors (Lipinski definition) is 4. The first kappa shape index (κ1) is 29.1. The van der Waals surface area contributed by atoms with E-state index >= 15 is 0 Å². The van der Waals surface area contributed by atoms with Gasteiger partial charge in [0.25, 0.3) is 0 Å². The lowest BCUT2D eigenvalue weighted by molar-refractivity contribution is -0.0153. The van der Waals surface area contributed by atoms with Crippen molar-refractivity contribution in [2.75, 3.05) is 13.2 Å². The highest BCUT2D eigenvalue weighted by Crippen LogP contribution is 2.41. The summed E-state index contributed by atoms with van der Waals surface area (Å²) in [6.45, 7) is 27.9. The van der Waals surface area contributed by atoms with Crippen LogP contribution in [-0.4, -0.2) is 41.9 Å². The summed E-state index contributed by atoms with van der Waals surface area (Å²) in [4.78, 5) is 12.5. The molecule has 1 rings (SSSR count). The van der Waals surface area contributed by atoms with Gasteiger partial charge in [-0.15, -0.1) is 0 Å². The Kier molecular flexibility index (Phi) is 9.57. The third kappa shape index (κ3) is 8.12. The fourth-order valence-electron chi connectivity index (χ4n) is 2.78. The van der Waals surface area contributed by atoms with Crippen molar-refractivity contribution in [2.45, 2.75) is 104 Å². The number of rotatable bonds is 10. The molecule has 0 heterocycles. The number of ether oxygens (including phenoxy) is 1. The van der Waals surface area contributed by atoms with Crippen LogP contribution in [0.3, 0.4) is 0 Å². The molecule has 0 N–H and O–H groups in total. The maximum atomic E-state index is 12.5. The molecule has 0 saturated carbocycles. The van der Waals surface area contributed by atoms with Gasteiger partial charge in [-0.3, -0.25) is 0 Å². The summed E-state index contributed by atoms with van der Waals surface area (Å²) in [6.07, 6.45) is 0.728. The van der Waals surface area contributed by atoms with E-state index in [2.05, 4.69) is 81.6 Å². The standard InChI is InChI=1S/C26H48O4Si2/c1-24(2,3)31(9,10)29-19-18-22(30-32(11,12)25(4,5)6)26(7,8)20-28-23(27)21-16-14-13-15-17-21/h13-17,22H,18-20H2,1-12H3/t22-/m0/s1. The average molecular weight is 481 g/mol. The molecule has 0 aliphatic heterocycles. The van der Waals surface area contributed by atoms with E-state index in [1.54, 1.807) is 12.1 Å². The molecule has 0 aromatic heterocycles. The minimum atomic E-state index is -2.02. The fraction of sp³-hybridized carbons (Fsp3) is 0.731. The number of hydrogen-bond donors (Lipinski definition) is 0. The minimum absolute atomic E-state index is 0.0586. The molecule has 6 heteroatoms. The molecule has 4 nitrogen and oxygen atoms in total. The Balaban J connectivity index is 2.98. The van der Waals surface area contributed by atoms with E-state index in [1.807, 2.05) is 18.2 Å². The van der Waals surface area contributed by atoms with Gasteiger partial charge >= 0.3 is 5.97 Å². The van der Waals surface area contributed by atoms with Crippen molar-refractivity contribution in [3.63, 3.8) is 0 Å². The number of carbonyl (C=O) groups excluding carboxylic acids is 1. The second-order valence-electron chi connectivity index (χ2n) is 12.7. The van der Waals surface area contributed by atoms with Crippen molar-refractivity contribution in [2.24, 2.45) is 5.41 Å². The Bertz CT molecular complexity index is 728. The summed E-state index contributed by atoms with van der Waals surface area (Å²) in [5, 5.41) is 0.270. The molecule has 0 radical (unpaired) electrons. The maximum absolute atomic E-state index is 12.5. The summed E-state index contributed by atoms with van der Waals surface area (Å²) in [5.41, 5.74) is 0.239. The van der Waals surface area contributed by atoms with Crippen LogP contribution in [0.25, 0.3) is 0 Å². The average Bonchev–Trinajstić information content (AvgIpc) is 2.64. The topological polar surface area (TPSA) is 44.8 Å². The summed E-state index contributed by atoms with van der Waals surface area (Å²) < 4.78 is 19.1. The number of esters is 1. The van der Waals surface area contributed by atoms with Gasteiger partial charge in [0.2, 0.25) is 0 Å². The largest absolute Gasteiger partial charge is 0.461 e. The van der Waals surface area contributed by atoms with Crippen molar-refractivity contribution in [3.05, 3.63) is 35.9 Å². The highest BCUT2D eigenvalue weighted by Gasteiger charge is 2.44. The smallest absolute Gasteiger partial charge is 0.338 e. The van der Waals surface area contributed by atoms with Gasteiger partial charge in [0.15, 0.2) is 16.6 Å². The highest BCUT2D eigenvalue weighted by atomic mass is 28.4.